The summed E-state index contributed by atoms with van der Waals surface area (Å²) in [5.74, 6) is -0.449. The topological polar surface area (TPSA) is 56.7 Å². The zero-order chi connectivity index (χ0) is 20.3. The number of hydrogen-bond donors (Lipinski definition) is 1. The number of halogens is 3. The molecule has 0 spiro atoms. The van der Waals surface area contributed by atoms with E-state index in [0.717, 1.165) is 23.5 Å². The first-order valence-electron chi connectivity index (χ1n) is 8.79. The molecule has 0 amide bonds. The number of nitrogens with zero attached hydrogens (tertiary/aromatic N) is 3. The van der Waals surface area contributed by atoms with Gasteiger partial charge in [0.1, 0.15) is 5.82 Å². The van der Waals surface area contributed by atoms with Crippen molar-refractivity contribution in [3.8, 4) is 0 Å². The number of benzene rings is 1. The van der Waals surface area contributed by atoms with Gasteiger partial charge in [0, 0.05) is 43.6 Å². The van der Waals surface area contributed by atoms with Crippen molar-refractivity contribution < 1.29 is 23.1 Å². The van der Waals surface area contributed by atoms with Crippen LogP contribution in [-0.4, -0.2) is 42.2 Å². The van der Waals surface area contributed by atoms with Crippen molar-refractivity contribution in [1.82, 2.24) is 4.98 Å². The van der Waals surface area contributed by atoms with Crippen LogP contribution >= 0.6 is 0 Å². The Morgan fingerprint density at radius 1 is 1.07 bits per heavy atom. The van der Waals surface area contributed by atoms with Crippen LogP contribution in [0, 0.1) is 0 Å². The lowest BCUT2D eigenvalue weighted by Gasteiger charge is -2.37. The fraction of sp³-hybridized carbons (Fsp3) is 0.300. The number of anilines is 2. The molecule has 0 aliphatic carbocycles. The van der Waals surface area contributed by atoms with E-state index in [2.05, 4.69) is 9.88 Å². The van der Waals surface area contributed by atoms with E-state index >= 15 is 0 Å². The summed E-state index contributed by atoms with van der Waals surface area (Å²) in [6.07, 6.45) is -1.90. The number of hydrogen-bond acceptors (Lipinski definition) is 4. The van der Waals surface area contributed by atoms with Crippen molar-refractivity contribution in [3.63, 3.8) is 0 Å². The van der Waals surface area contributed by atoms with E-state index in [-0.39, 0.29) is 5.57 Å². The Labute approximate surface area is 160 Å². The van der Waals surface area contributed by atoms with Gasteiger partial charge in [0.05, 0.1) is 5.56 Å². The molecule has 0 atom stereocenters. The summed E-state index contributed by atoms with van der Waals surface area (Å²) >= 11 is 0. The predicted molar refractivity (Wildman–Crippen MR) is 101 cm³/mol. The highest BCUT2D eigenvalue weighted by Crippen LogP contribution is 2.30. The molecule has 148 valence electrons. The number of aromatic nitrogens is 1. The van der Waals surface area contributed by atoms with Crippen LogP contribution in [0.5, 0.6) is 0 Å². The molecule has 1 saturated heterocycles. The first-order chi connectivity index (χ1) is 13.3. The van der Waals surface area contributed by atoms with Gasteiger partial charge in [0.2, 0.25) is 0 Å². The summed E-state index contributed by atoms with van der Waals surface area (Å²) in [5, 5.41) is 9.11. The smallest absolute Gasteiger partial charge is 0.417 e. The highest BCUT2D eigenvalue weighted by Gasteiger charge is 2.31. The molecule has 5 nitrogen and oxygen atoms in total. The molecule has 2 heterocycles. The number of aliphatic carboxylic acids is 1. The second-order valence-electron chi connectivity index (χ2n) is 6.57. The van der Waals surface area contributed by atoms with Crippen molar-refractivity contribution in [1.29, 1.82) is 0 Å². The summed E-state index contributed by atoms with van der Waals surface area (Å²) in [5.41, 5.74) is 1.25. The van der Waals surface area contributed by atoms with Crippen LogP contribution < -0.4 is 9.80 Å². The molecule has 0 unspecified atom stereocenters. The Morgan fingerprint density at radius 3 is 2.29 bits per heavy atom. The first kappa shape index (κ1) is 19.7. The maximum absolute atomic E-state index is 12.7. The third-order valence-corrected chi connectivity index (χ3v) is 4.67. The summed E-state index contributed by atoms with van der Waals surface area (Å²) in [6.45, 7) is 4.06. The number of rotatable bonds is 4. The van der Waals surface area contributed by atoms with E-state index in [1.54, 1.807) is 13.0 Å². The monoisotopic (exact) mass is 391 g/mol. The molecule has 1 aliphatic heterocycles. The zero-order valence-electron chi connectivity index (χ0n) is 15.3. The molecule has 3 rings (SSSR count). The van der Waals surface area contributed by atoms with Gasteiger partial charge in [-0.1, -0.05) is 18.2 Å². The molecule has 8 heteroatoms. The lowest BCUT2D eigenvalue weighted by Crippen LogP contribution is -2.47. The quantitative estimate of drug-likeness (QED) is 0.801. The maximum Gasteiger partial charge on any atom is 0.417 e. The molecule has 28 heavy (non-hydrogen) atoms. The van der Waals surface area contributed by atoms with Gasteiger partial charge in [-0.05, 0) is 36.8 Å². The summed E-state index contributed by atoms with van der Waals surface area (Å²) in [7, 11) is 0. The molecule has 1 fully saturated rings. The first-order valence-corrected chi connectivity index (χ1v) is 8.79. The van der Waals surface area contributed by atoms with E-state index in [0.29, 0.717) is 32.0 Å². The number of pyridine rings is 1. The van der Waals surface area contributed by atoms with Crippen molar-refractivity contribution >= 4 is 23.6 Å². The average molecular weight is 391 g/mol. The molecule has 1 aromatic carbocycles. The van der Waals surface area contributed by atoms with Gasteiger partial charge in [-0.3, -0.25) is 0 Å². The van der Waals surface area contributed by atoms with Gasteiger partial charge in [-0.25, -0.2) is 9.78 Å². The fourth-order valence-corrected chi connectivity index (χ4v) is 3.11. The Hall–Kier alpha value is -3.03. The summed E-state index contributed by atoms with van der Waals surface area (Å²) in [6, 6.07) is 9.99. The van der Waals surface area contributed by atoms with E-state index in [4.69, 9.17) is 5.11 Å². The maximum atomic E-state index is 12.7. The van der Waals surface area contributed by atoms with Gasteiger partial charge in [-0.15, -0.1) is 0 Å². The highest BCUT2D eigenvalue weighted by atomic mass is 19.4. The van der Waals surface area contributed by atoms with Crippen LogP contribution in [-0.2, 0) is 11.0 Å². The number of carbonyl (C=O) groups is 1. The van der Waals surface area contributed by atoms with E-state index in [1.165, 1.54) is 6.07 Å². The molecule has 0 saturated carbocycles. The Kier molecular flexibility index (Phi) is 5.58. The minimum absolute atomic E-state index is 0.250. The molecule has 1 aromatic heterocycles. The minimum atomic E-state index is -4.39. The molecular formula is C20H20F3N3O2. The van der Waals surface area contributed by atoms with Crippen LogP contribution in [0.1, 0.15) is 18.1 Å². The third-order valence-electron chi connectivity index (χ3n) is 4.67. The van der Waals surface area contributed by atoms with Gasteiger partial charge in [-0.2, -0.15) is 13.2 Å². The molecular weight excluding hydrogens is 371 g/mol. The van der Waals surface area contributed by atoms with Crippen LogP contribution in [0.3, 0.4) is 0 Å². The summed E-state index contributed by atoms with van der Waals surface area (Å²) < 4.78 is 38.0. The van der Waals surface area contributed by atoms with Crippen LogP contribution in [0.15, 0.2) is 48.2 Å². The number of piperazine rings is 1. The molecule has 1 aliphatic rings. The Bertz CT molecular complexity index is 871. The number of carboxylic acids is 1. The van der Waals surface area contributed by atoms with Gasteiger partial charge in [0.25, 0.3) is 0 Å². The second kappa shape index (κ2) is 7.92. The minimum Gasteiger partial charge on any atom is -0.478 e. The lowest BCUT2D eigenvalue weighted by atomic mass is 10.1. The van der Waals surface area contributed by atoms with Gasteiger partial charge in [0.15, 0.2) is 0 Å². The zero-order valence-corrected chi connectivity index (χ0v) is 15.3. The Balaban J connectivity index is 1.71. The number of para-hydroxylation sites is 1. The Morgan fingerprint density at radius 2 is 1.71 bits per heavy atom. The van der Waals surface area contributed by atoms with E-state index in [9.17, 15) is 18.0 Å². The van der Waals surface area contributed by atoms with E-state index in [1.807, 2.05) is 29.2 Å². The van der Waals surface area contributed by atoms with Gasteiger partial charge < -0.3 is 14.9 Å². The SMILES string of the molecule is C/C(=C\c1ccccc1N1CCN(c2ccc(C(F)(F)F)cn2)CC1)C(=O)O. The average Bonchev–Trinajstić information content (AvgIpc) is 2.68. The van der Waals surface area contributed by atoms with Crippen LogP contribution in [0.25, 0.3) is 6.08 Å². The normalized spacial score (nSPS) is 15.6. The molecule has 1 N–H and O–H groups in total. The largest absolute Gasteiger partial charge is 0.478 e. The van der Waals surface area contributed by atoms with Crippen molar-refractivity contribution in [2.45, 2.75) is 13.1 Å². The standard InChI is InChI=1S/C20H20F3N3O2/c1-14(19(27)28)12-15-4-2-3-5-17(15)25-8-10-26(11-9-25)18-7-6-16(13-24-18)20(21,22)23/h2-7,12-13H,8-11H2,1H3,(H,27,28)/b14-12+. The summed E-state index contributed by atoms with van der Waals surface area (Å²) in [4.78, 5) is 19.1. The van der Waals surface area contributed by atoms with Crippen LogP contribution in [0.4, 0.5) is 24.7 Å². The lowest BCUT2D eigenvalue weighted by molar-refractivity contribution is -0.138. The molecule has 0 bridgehead atoms. The molecule has 0 radical (unpaired) electrons. The highest BCUT2D eigenvalue weighted by molar-refractivity contribution is 5.92. The van der Waals surface area contributed by atoms with E-state index < -0.39 is 17.7 Å². The number of alkyl halides is 3. The second-order valence-corrected chi connectivity index (χ2v) is 6.57. The van der Waals surface area contributed by atoms with Crippen molar-refractivity contribution in [3.05, 3.63) is 59.3 Å². The molecule has 2 aromatic rings. The fourth-order valence-electron chi connectivity index (χ4n) is 3.11. The van der Waals surface area contributed by atoms with Crippen LogP contribution in [0.2, 0.25) is 0 Å². The predicted octanol–water partition coefficient (Wildman–Crippen LogP) is 3.91. The van der Waals surface area contributed by atoms with Gasteiger partial charge >= 0.3 is 12.1 Å². The number of carboxylic acid groups (broad SMARTS) is 1. The van der Waals surface area contributed by atoms with Crippen molar-refractivity contribution in [2.24, 2.45) is 0 Å². The third kappa shape index (κ3) is 4.44. The van der Waals surface area contributed by atoms with Crippen molar-refractivity contribution in [2.75, 3.05) is 36.0 Å².